The van der Waals surface area contributed by atoms with Crippen LogP contribution in [0, 0.1) is 0 Å². The molecule has 0 aromatic heterocycles. The van der Waals surface area contributed by atoms with Crippen molar-refractivity contribution in [2.45, 2.75) is 63.2 Å². The second-order valence-corrected chi connectivity index (χ2v) is 7.08. The van der Waals surface area contributed by atoms with Gasteiger partial charge in [-0.05, 0) is 23.5 Å². The first-order chi connectivity index (χ1) is 10.4. The normalized spacial score (nSPS) is 16.8. The second kappa shape index (κ2) is 5.89. The van der Waals surface area contributed by atoms with Crippen LogP contribution in [0.15, 0.2) is 24.3 Å². The van der Waals surface area contributed by atoms with Crippen LogP contribution in [0.1, 0.15) is 45.2 Å². The van der Waals surface area contributed by atoms with Crippen LogP contribution in [0.5, 0.6) is 0 Å². The summed E-state index contributed by atoms with van der Waals surface area (Å²) >= 11 is 0. The van der Waals surface area contributed by atoms with E-state index in [1.807, 2.05) is 0 Å². The van der Waals surface area contributed by atoms with Gasteiger partial charge in [0.2, 0.25) is 0 Å². The first-order valence-electron chi connectivity index (χ1n) is 7.07. The second-order valence-electron chi connectivity index (χ2n) is 7.08. The lowest BCUT2D eigenvalue weighted by atomic mass is 9.80. The molecular weight excluding hydrogens is 341 g/mol. The molecule has 1 rings (SSSR count). The minimum absolute atomic E-state index is 0.217. The highest BCUT2D eigenvalue weighted by Crippen LogP contribution is 2.52. The van der Waals surface area contributed by atoms with E-state index < -0.39 is 35.5 Å². The van der Waals surface area contributed by atoms with Crippen molar-refractivity contribution in [2.24, 2.45) is 0 Å². The highest BCUT2D eigenvalue weighted by atomic mass is 19.4. The van der Waals surface area contributed by atoms with Crippen LogP contribution in [0.2, 0.25) is 0 Å². The predicted octanol–water partition coefficient (Wildman–Crippen LogP) is 5.41. The Bertz CT molecular complexity index is 565. The highest BCUT2D eigenvalue weighted by Gasteiger charge is 2.73. The van der Waals surface area contributed by atoms with E-state index in [2.05, 4.69) is 0 Å². The van der Waals surface area contributed by atoms with Crippen LogP contribution in [0.25, 0.3) is 0 Å². The third-order valence-electron chi connectivity index (χ3n) is 3.84. The van der Waals surface area contributed by atoms with Gasteiger partial charge in [0.25, 0.3) is 0 Å². The molecule has 0 radical (unpaired) electrons. The molecule has 0 fully saturated rings. The van der Waals surface area contributed by atoms with Gasteiger partial charge in [0.05, 0.1) is 5.60 Å². The zero-order valence-corrected chi connectivity index (χ0v) is 13.6. The lowest BCUT2D eigenvalue weighted by Gasteiger charge is -2.36. The van der Waals surface area contributed by atoms with E-state index in [0.29, 0.717) is 5.56 Å². The molecule has 1 aromatic carbocycles. The van der Waals surface area contributed by atoms with Crippen molar-refractivity contribution >= 4 is 0 Å². The van der Waals surface area contributed by atoms with E-state index in [-0.39, 0.29) is 5.56 Å². The molecule has 1 N–H and O–H groups in total. The van der Waals surface area contributed by atoms with Crippen LogP contribution in [0.3, 0.4) is 0 Å². The fourth-order valence-electron chi connectivity index (χ4n) is 2.26. The largest absolute Gasteiger partial charge is 0.431 e. The van der Waals surface area contributed by atoms with Gasteiger partial charge >= 0.3 is 18.0 Å². The third-order valence-corrected chi connectivity index (χ3v) is 3.84. The Morgan fingerprint density at radius 1 is 0.792 bits per heavy atom. The van der Waals surface area contributed by atoms with Crippen molar-refractivity contribution in [3.05, 3.63) is 35.4 Å². The van der Waals surface area contributed by atoms with Gasteiger partial charge in [-0.15, -0.1) is 0 Å². The summed E-state index contributed by atoms with van der Waals surface area (Å²) in [6.45, 7) is 6.09. The number of aliphatic hydroxyl groups is 1. The summed E-state index contributed by atoms with van der Waals surface area (Å²) < 4.78 is 90.2. The smallest absolute Gasteiger partial charge is 0.385 e. The molecule has 0 spiro atoms. The lowest BCUT2D eigenvalue weighted by Crippen LogP contribution is -2.56. The molecule has 1 aromatic rings. The van der Waals surface area contributed by atoms with Gasteiger partial charge in [-0.25, -0.2) is 4.39 Å². The minimum atomic E-state index is -6.20. The summed E-state index contributed by atoms with van der Waals surface area (Å²) in [6, 6.07) is 5.47. The summed E-state index contributed by atoms with van der Waals surface area (Å²) in [6.07, 6.45) is -14.6. The Kier molecular flexibility index (Phi) is 5.09. The summed E-state index contributed by atoms with van der Waals surface area (Å²) in [5, 5.41) is 10.2. The molecule has 138 valence electrons. The van der Waals surface area contributed by atoms with E-state index >= 15 is 0 Å². The minimum Gasteiger partial charge on any atom is -0.385 e. The maximum atomic E-state index is 13.9. The third kappa shape index (κ3) is 4.02. The number of benzene rings is 1. The summed E-state index contributed by atoms with van der Waals surface area (Å²) in [4.78, 5) is 0. The number of rotatable bonds is 3. The van der Waals surface area contributed by atoms with Gasteiger partial charge in [-0.3, -0.25) is 0 Å². The zero-order chi connectivity index (χ0) is 19.2. The molecule has 0 aliphatic carbocycles. The first-order valence-corrected chi connectivity index (χ1v) is 7.07. The molecule has 0 saturated carbocycles. The average Bonchev–Trinajstić information content (AvgIpc) is 2.34. The van der Waals surface area contributed by atoms with Crippen molar-refractivity contribution in [1.29, 1.82) is 0 Å². The molecular formula is C16H19F7O. The molecule has 1 nitrogen and oxygen atoms in total. The summed E-state index contributed by atoms with van der Waals surface area (Å²) in [7, 11) is 0. The Hall–Kier alpha value is -1.31. The van der Waals surface area contributed by atoms with Gasteiger partial charge in [0, 0.05) is 6.42 Å². The maximum absolute atomic E-state index is 13.9. The number of alkyl halides is 7. The monoisotopic (exact) mass is 360 g/mol. The molecule has 0 bridgehead atoms. The number of hydrogen-bond donors (Lipinski definition) is 1. The number of halogens is 7. The lowest BCUT2D eigenvalue weighted by molar-refractivity contribution is -0.352. The summed E-state index contributed by atoms with van der Waals surface area (Å²) in [5.74, 6) is 0. The highest BCUT2D eigenvalue weighted by molar-refractivity contribution is 5.32. The van der Waals surface area contributed by atoms with Crippen LogP contribution < -0.4 is 0 Å². The van der Waals surface area contributed by atoms with Crippen molar-refractivity contribution in [3.63, 3.8) is 0 Å². The molecule has 1 unspecified atom stereocenters. The van der Waals surface area contributed by atoms with Crippen molar-refractivity contribution in [3.8, 4) is 0 Å². The Morgan fingerprint density at radius 2 is 1.21 bits per heavy atom. The standard InChI is InChI=1S/C16H19F7O/c1-12(2,3)10-6-5-7-11(8-10)13(4,24)9-14(17,15(18,19)20)16(21,22)23/h5-8,24H,9H2,1-4H3. The van der Waals surface area contributed by atoms with Crippen LogP contribution in [-0.4, -0.2) is 23.1 Å². The average molecular weight is 360 g/mol. The van der Waals surface area contributed by atoms with Gasteiger partial charge in [0.1, 0.15) is 0 Å². The van der Waals surface area contributed by atoms with E-state index in [9.17, 15) is 35.8 Å². The Labute approximate surface area is 135 Å². The molecule has 0 aliphatic heterocycles. The van der Waals surface area contributed by atoms with Gasteiger partial charge in [-0.2, -0.15) is 26.3 Å². The summed E-state index contributed by atoms with van der Waals surface area (Å²) in [5.41, 5.74) is -8.26. The molecule has 0 heterocycles. The van der Waals surface area contributed by atoms with E-state index in [1.54, 1.807) is 26.8 Å². The molecule has 0 saturated heterocycles. The van der Waals surface area contributed by atoms with Crippen molar-refractivity contribution in [1.82, 2.24) is 0 Å². The van der Waals surface area contributed by atoms with Gasteiger partial charge in [-0.1, -0.05) is 45.0 Å². The predicted molar refractivity (Wildman–Crippen MR) is 75.3 cm³/mol. The maximum Gasteiger partial charge on any atom is 0.431 e. The van der Waals surface area contributed by atoms with Crippen LogP contribution >= 0.6 is 0 Å². The van der Waals surface area contributed by atoms with Gasteiger partial charge < -0.3 is 5.11 Å². The molecule has 0 aliphatic rings. The van der Waals surface area contributed by atoms with E-state index in [4.69, 9.17) is 0 Å². The number of hydrogen-bond acceptors (Lipinski definition) is 1. The zero-order valence-electron chi connectivity index (χ0n) is 13.6. The van der Waals surface area contributed by atoms with Crippen molar-refractivity contribution < 1.29 is 35.8 Å². The van der Waals surface area contributed by atoms with Gasteiger partial charge in [0.15, 0.2) is 0 Å². The first kappa shape index (κ1) is 20.7. The SMILES string of the molecule is CC(C)(C)c1cccc(C(C)(O)CC(F)(C(F)(F)F)C(F)(F)F)c1. The Morgan fingerprint density at radius 3 is 1.58 bits per heavy atom. The molecule has 0 amide bonds. The molecule has 8 heteroatoms. The van der Waals surface area contributed by atoms with Crippen molar-refractivity contribution in [2.75, 3.05) is 0 Å². The van der Waals surface area contributed by atoms with Crippen LogP contribution in [0.4, 0.5) is 30.7 Å². The topological polar surface area (TPSA) is 20.2 Å². The van der Waals surface area contributed by atoms with E-state index in [0.717, 1.165) is 6.92 Å². The van der Waals surface area contributed by atoms with Crippen LogP contribution in [-0.2, 0) is 11.0 Å². The van der Waals surface area contributed by atoms with E-state index in [1.165, 1.54) is 18.2 Å². The fraction of sp³-hybridized carbons (Fsp3) is 0.625. The molecule has 1 atom stereocenters. The quantitative estimate of drug-likeness (QED) is 0.714. The Balaban J connectivity index is 3.35. The molecule has 24 heavy (non-hydrogen) atoms. The fourth-order valence-corrected chi connectivity index (χ4v) is 2.26.